The first-order chi connectivity index (χ1) is 13.2. The molecular weight excluding hydrogens is 362 g/mol. The Morgan fingerprint density at radius 3 is 2.52 bits per heavy atom. The molecule has 0 fully saturated rings. The number of hydrogen-bond donors (Lipinski definition) is 1. The van der Waals surface area contributed by atoms with Crippen molar-refractivity contribution in [3.05, 3.63) is 84.0 Å². The summed E-state index contributed by atoms with van der Waals surface area (Å²) >= 11 is 5.86. The zero-order valence-electron chi connectivity index (χ0n) is 14.3. The second-order valence-electron chi connectivity index (χ2n) is 5.89. The van der Waals surface area contributed by atoms with Gasteiger partial charge in [0, 0.05) is 16.8 Å². The van der Waals surface area contributed by atoms with Gasteiger partial charge in [-0.1, -0.05) is 48.0 Å². The van der Waals surface area contributed by atoms with E-state index in [9.17, 15) is 4.79 Å². The minimum atomic E-state index is -0.271. The minimum Gasteiger partial charge on any atom is -0.484 e. The number of amides is 1. The van der Waals surface area contributed by atoms with Crippen LogP contribution in [0.2, 0.25) is 5.02 Å². The molecule has 0 radical (unpaired) electrons. The molecule has 2 heterocycles. The SMILES string of the molecule is O=C(COc1ccc(Cl)cc1)Nc1c(-c2ccccc2)nc2ccccn12. The molecule has 134 valence electrons. The molecule has 2 aromatic heterocycles. The largest absolute Gasteiger partial charge is 0.484 e. The Morgan fingerprint density at radius 1 is 1.00 bits per heavy atom. The van der Waals surface area contributed by atoms with Crippen molar-refractivity contribution in [2.75, 3.05) is 11.9 Å². The Balaban J connectivity index is 1.59. The summed E-state index contributed by atoms with van der Waals surface area (Å²) in [7, 11) is 0. The summed E-state index contributed by atoms with van der Waals surface area (Å²) in [5.74, 6) is 0.922. The van der Waals surface area contributed by atoms with Crippen LogP contribution < -0.4 is 10.1 Å². The third-order valence-corrected chi connectivity index (χ3v) is 4.27. The predicted octanol–water partition coefficient (Wildman–Crippen LogP) is 4.67. The van der Waals surface area contributed by atoms with Gasteiger partial charge in [0.1, 0.15) is 22.9 Å². The number of carbonyl (C=O) groups excluding carboxylic acids is 1. The van der Waals surface area contributed by atoms with Gasteiger partial charge in [-0.05, 0) is 36.4 Å². The number of pyridine rings is 1. The highest BCUT2D eigenvalue weighted by Gasteiger charge is 2.16. The van der Waals surface area contributed by atoms with E-state index in [-0.39, 0.29) is 12.5 Å². The lowest BCUT2D eigenvalue weighted by Gasteiger charge is -2.09. The standard InChI is InChI=1S/C21H16ClN3O2/c22-16-9-11-17(12-10-16)27-14-19(26)24-21-20(15-6-2-1-3-7-15)23-18-8-4-5-13-25(18)21/h1-13H,14H2,(H,24,26). The van der Waals surface area contributed by atoms with E-state index in [2.05, 4.69) is 10.3 Å². The van der Waals surface area contributed by atoms with Crippen molar-refractivity contribution in [1.29, 1.82) is 0 Å². The van der Waals surface area contributed by atoms with Gasteiger partial charge < -0.3 is 10.1 Å². The lowest BCUT2D eigenvalue weighted by atomic mass is 10.1. The first-order valence-corrected chi connectivity index (χ1v) is 8.79. The molecule has 0 aliphatic carbocycles. The highest BCUT2D eigenvalue weighted by Crippen LogP contribution is 2.28. The molecule has 0 saturated heterocycles. The molecule has 0 bridgehead atoms. The van der Waals surface area contributed by atoms with Gasteiger partial charge in [-0.25, -0.2) is 4.98 Å². The van der Waals surface area contributed by atoms with E-state index >= 15 is 0 Å². The Labute approximate surface area is 161 Å². The molecule has 4 rings (SSSR count). The third-order valence-electron chi connectivity index (χ3n) is 4.02. The van der Waals surface area contributed by atoms with Gasteiger partial charge in [-0.3, -0.25) is 9.20 Å². The van der Waals surface area contributed by atoms with Gasteiger partial charge in [-0.15, -0.1) is 0 Å². The Morgan fingerprint density at radius 2 is 1.74 bits per heavy atom. The second kappa shape index (κ2) is 7.51. The molecule has 1 amide bonds. The monoisotopic (exact) mass is 377 g/mol. The molecule has 0 saturated carbocycles. The smallest absolute Gasteiger partial charge is 0.263 e. The van der Waals surface area contributed by atoms with E-state index in [0.29, 0.717) is 22.3 Å². The number of hydrogen-bond acceptors (Lipinski definition) is 3. The zero-order valence-corrected chi connectivity index (χ0v) is 15.1. The molecule has 0 unspecified atom stereocenters. The van der Waals surface area contributed by atoms with Crippen LogP contribution in [0.5, 0.6) is 5.75 Å². The molecule has 2 aromatic carbocycles. The van der Waals surface area contributed by atoms with E-state index in [0.717, 1.165) is 11.2 Å². The average Bonchev–Trinajstić information content (AvgIpc) is 3.07. The number of anilines is 1. The Bertz CT molecular complexity index is 1080. The van der Waals surface area contributed by atoms with E-state index in [1.165, 1.54) is 0 Å². The van der Waals surface area contributed by atoms with E-state index in [4.69, 9.17) is 16.3 Å². The lowest BCUT2D eigenvalue weighted by molar-refractivity contribution is -0.118. The van der Waals surface area contributed by atoms with Crippen LogP contribution >= 0.6 is 11.6 Å². The molecule has 1 N–H and O–H groups in total. The van der Waals surface area contributed by atoms with Crippen LogP contribution in [0.4, 0.5) is 5.82 Å². The number of halogens is 1. The van der Waals surface area contributed by atoms with Crippen molar-refractivity contribution in [2.24, 2.45) is 0 Å². The van der Waals surface area contributed by atoms with Gasteiger partial charge in [0.25, 0.3) is 5.91 Å². The summed E-state index contributed by atoms with van der Waals surface area (Å²) in [5.41, 5.74) is 2.39. The Hall–Kier alpha value is -3.31. The van der Waals surface area contributed by atoms with Crippen molar-refractivity contribution in [2.45, 2.75) is 0 Å². The zero-order chi connectivity index (χ0) is 18.6. The van der Waals surface area contributed by atoms with Crippen LogP contribution in [0.1, 0.15) is 0 Å². The van der Waals surface area contributed by atoms with Gasteiger partial charge in [0.05, 0.1) is 0 Å². The van der Waals surface area contributed by atoms with Crippen LogP contribution in [0.15, 0.2) is 79.0 Å². The number of carbonyl (C=O) groups is 1. The van der Waals surface area contributed by atoms with Crippen LogP contribution in [-0.2, 0) is 4.79 Å². The summed E-state index contributed by atoms with van der Waals surface area (Å²) in [6.07, 6.45) is 1.87. The van der Waals surface area contributed by atoms with Crippen LogP contribution in [-0.4, -0.2) is 21.9 Å². The van der Waals surface area contributed by atoms with Crippen molar-refractivity contribution in [3.8, 4) is 17.0 Å². The van der Waals surface area contributed by atoms with Crippen molar-refractivity contribution >= 4 is 29.0 Å². The van der Waals surface area contributed by atoms with Gasteiger partial charge in [0.2, 0.25) is 0 Å². The molecule has 27 heavy (non-hydrogen) atoms. The van der Waals surface area contributed by atoms with Gasteiger partial charge in [0.15, 0.2) is 6.61 Å². The predicted molar refractivity (Wildman–Crippen MR) is 106 cm³/mol. The number of nitrogens with zero attached hydrogens (tertiary/aromatic N) is 2. The number of imidazole rings is 1. The van der Waals surface area contributed by atoms with E-state index in [1.807, 2.05) is 59.1 Å². The summed E-state index contributed by atoms with van der Waals surface area (Å²) in [6.45, 7) is -0.115. The van der Waals surface area contributed by atoms with Crippen molar-refractivity contribution in [3.63, 3.8) is 0 Å². The third kappa shape index (κ3) is 3.78. The number of benzene rings is 2. The molecule has 0 aliphatic heterocycles. The number of fused-ring (bicyclic) bond motifs is 1. The molecule has 0 spiro atoms. The first kappa shape index (κ1) is 17.1. The molecule has 0 atom stereocenters. The molecule has 4 aromatic rings. The van der Waals surface area contributed by atoms with Crippen molar-refractivity contribution < 1.29 is 9.53 Å². The maximum Gasteiger partial charge on any atom is 0.263 e. The average molecular weight is 378 g/mol. The first-order valence-electron chi connectivity index (χ1n) is 8.41. The maximum atomic E-state index is 12.5. The molecule has 0 aliphatic rings. The number of aromatic nitrogens is 2. The van der Waals surface area contributed by atoms with Gasteiger partial charge in [-0.2, -0.15) is 0 Å². The topological polar surface area (TPSA) is 55.6 Å². The van der Waals surface area contributed by atoms with Crippen LogP contribution in [0.3, 0.4) is 0 Å². The van der Waals surface area contributed by atoms with Crippen LogP contribution in [0.25, 0.3) is 16.9 Å². The molecular formula is C21H16ClN3O2. The summed E-state index contributed by atoms with van der Waals surface area (Å²) in [6, 6.07) is 22.3. The van der Waals surface area contributed by atoms with Gasteiger partial charge >= 0.3 is 0 Å². The quantitative estimate of drug-likeness (QED) is 0.549. The second-order valence-corrected chi connectivity index (χ2v) is 6.33. The number of rotatable bonds is 5. The van der Waals surface area contributed by atoms with E-state index < -0.39 is 0 Å². The number of nitrogens with one attached hydrogen (secondary N) is 1. The maximum absolute atomic E-state index is 12.5. The fraction of sp³-hybridized carbons (Fsp3) is 0.0476. The minimum absolute atomic E-state index is 0.115. The Kier molecular flexibility index (Phi) is 4.77. The van der Waals surface area contributed by atoms with Crippen molar-refractivity contribution in [1.82, 2.24) is 9.38 Å². The number of ether oxygens (including phenoxy) is 1. The molecule has 6 heteroatoms. The normalized spacial score (nSPS) is 10.7. The summed E-state index contributed by atoms with van der Waals surface area (Å²) in [5, 5.41) is 3.54. The summed E-state index contributed by atoms with van der Waals surface area (Å²) in [4.78, 5) is 17.1. The fourth-order valence-corrected chi connectivity index (χ4v) is 2.89. The molecule has 5 nitrogen and oxygen atoms in total. The van der Waals surface area contributed by atoms with Crippen LogP contribution in [0, 0.1) is 0 Å². The highest BCUT2D eigenvalue weighted by atomic mass is 35.5. The summed E-state index contributed by atoms with van der Waals surface area (Å²) < 4.78 is 7.38. The lowest BCUT2D eigenvalue weighted by Crippen LogP contribution is -2.21. The fourth-order valence-electron chi connectivity index (χ4n) is 2.76. The van der Waals surface area contributed by atoms with E-state index in [1.54, 1.807) is 24.3 Å². The highest BCUT2D eigenvalue weighted by molar-refractivity contribution is 6.30.